The van der Waals surface area contributed by atoms with Crippen LogP contribution in [-0.4, -0.2) is 17.6 Å². The topological polar surface area (TPSA) is 127 Å². The van der Waals surface area contributed by atoms with E-state index in [0.717, 1.165) is 0 Å². The van der Waals surface area contributed by atoms with Crippen molar-refractivity contribution in [1.29, 1.82) is 0 Å². The van der Waals surface area contributed by atoms with E-state index in [1.54, 1.807) is 0 Å². The molecule has 90 valence electrons. The van der Waals surface area contributed by atoms with Crippen molar-refractivity contribution in [3.63, 3.8) is 0 Å². The maximum Gasteiger partial charge on any atom is 0.265 e. The molecule has 0 fully saturated rings. The van der Waals surface area contributed by atoms with Gasteiger partial charge in [0.1, 0.15) is 0 Å². The van der Waals surface area contributed by atoms with Crippen LogP contribution in [0.2, 0.25) is 0 Å². The molecule has 7 heteroatoms. The first-order valence-corrected chi connectivity index (χ1v) is 4.68. The van der Waals surface area contributed by atoms with Gasteiger partial charge in [0.05, 0.1) is 11.1 Å². The van der Waals surface area contributed by atoms with Crippen LogP contribution in [0.15, 0.2) is 18.2 Å². The molecule has 1 aromatic rings. The molecule has 0 radical (unpaired) electrons. The molecule has 0 aromatic heterocycles. The maximum absolute atomic E-state index is 11.5. The van der Waals surface area contributed by atoms with Crippen molar-refractivity contribution in [1.82, 2.24) is 10.9 Å². The zero-order valence-electron chi connectivity index (χ0n) is 9.11. The lowest BCUT2D eigenvalue weighted by Crippen LogP contribution is -2.34. The third kappa shape index (κ3) is 2.47. The highest BCUT2D eigenvalue weighted by molar-refractivity contribution is 6.13. The average molecular weight is 236 g/mol. The molecule has 7 nitrogen and oxygen atoms in total. The zero-order chi connectivity index (χ0) is 13.0. The average Bonchev–Trinajstić information content (AvgIpc) is 2.35. The number of nitrogens with one attached hydrogen (secondary N) is 2. The van der Waals surface area contributed by atoms with Crippen LogP contribution in [0.25, 0.3) is 0 Å². The Kier molecular flexibility index (Phi) is 3.91. The third-order valence-corrected chi connectivity index (χ3v) is 2.17. The summed E-state index contributed by atoms with van der Waals surface area (Å²) in [5.74, 6) is 8.26. The van der Waals surface area contributed by atoms with Gasteiger partial charge in [-0.15, -0.1) is 0 Å². The Morgan fingerprint density at radius 1 is 1.00 bits per heavy atom. The number of nitrogen functional groups attached to an aromatic ring is 2. The quantitative estimate of drug-likeness (QED) is 0.234. The summed E-state index contributed by atoms with van der Waals surface area (Å²) in [7, 11) is 0. The molecule has 6 N–H and O–H groups in total. The summed E-state index contributed by atoms with van der Waals surface area (Å²) in [5.41, 5.74) is 3.86. The van der Waals surface area contributed by atoms with E-state index in [2.05, 4.69) is 0 Å². The second-order valence-corrected chi connectivity index (χ2v) is 3.23. The fraction of sp³-hybridized carbons (Fsp3) is 0.100. The number of hydrogen-bond acceptors (Lipinski definition) is 5. The second kappa shape index (κ2) is 5.19. The summed E-state index contributed by atoms with van der Waals surface area (Å²) < 4.78 is 0. The summed E-state index contributed by atoms with van der Waals surface area (Å²) in [5, 5.41) is 0. The summed E-state index contributed by atoms with van der Waals surface area (Å²) in [6.45, 7) is 1.25. The minimum atomic E-state index is -0.651. The van der Waals surface area contributed by atoms with Crippen molar-refractivity contribution in [3.8, 4) is 0 Å². The molecular formula is C10H12N4O3. The van der Waals surface area contributed by atoms with Crippen LogP contribution in [0.3, 0.4) is 0 Å². The van der Waals surface area contributed by atoms with Crippen LogP contribution >= 0.6 is 0 Å². The fourth-order valence-electron chi connectivity index (χ4n) is 1.47. The van der Waals surface area contributed by atoms with Gasteiger partial charge in [-0.05, 0) is 19.1 Å². The predicted octanol–water partition coefficient (Wildman–Crippen LogP) is -0.904. The molecule has 0 aliphatic carbocycles. The molecule has 0 saturated carbocycles. The molecule has 0 saturated heterocycles. The molecular weight excluding hydrogens is 224 g/mol. The van der Waals surface area contributed by atoms with Crippen molar-refractivity contribution in [2.45, 2.75) is 6.92 Å². The Balaban J connectivity index is 3.48. The lowest BCUT2D eigenvalue weighted by molar-refractivity contribution is 0.0928. The number of Topliss-reactive ketones (excluding diaryl/α,β-unsaturated/α-hetero) is 1. The number of hydrogen-bond donors (Lipinski definition) is 4. The SMILES string of the molecule is CC(=O)c1c(C(=O)NN)cccc1C(=O)NN. The van der Waals surface area contributed by atoms with E-state index < -0.39 is 17.6 Å². The number of amides is 2. The lowest BCUT2D eigenvalue weighted by Gasteiger charge is -2.10. The first-order chi connectivity index (χ1) is 8.02. The number of carbonyl (C=O) groups is 3. The Hall–Kier alpha value is -2.25. The number of ketones is 1. The molecule has 1 aromatic carbocycles. The Bertz CT molecular complexity index is 450. The first kappa shape index (κ1) is 12.8. The normalized spacial score (nSPS) is 9.59. The molecule has 0 atom stereocenters. The van der Waals surface area contributed by atoms with Crippen LogP contribution < -0.4 is 22.5 Å². The summed E-state index contributed by atoms with van der Waals surface area (Å²) >= 11 is 0. The molecule has 0 aliphatic rings. The highest BCUT2D eigenvalue weighted by Gasteiger charge is 2.20. The van der Waals surface area contributed by atoms with Crippen LogP contribution in [0.1, 0.15) is 38.0 Å². The number of hydrazine groups is 2. The molecule has 17 heavy (non-hydrogen) atoms. The molecule has 0 spiro atoms. The van der Waals surface area contributed by atoms with Crippen LogP contribution in [0.5, 0.6) is 0 Å². The highest BCUT2D eigenvalue weighted by atomic mass is 16.2. The van der Waals surface area contributed by atoms with Gasteiger partial charge >= 0.3 is 0 Å². The van der Waals surface area contributed by atoms with Gasteiger partial charge in [0.15, 0.2) is 5.78 Å². The number of carbonyl (C=O) groups excluding carboxylic acids is 3. The van der Waals surface area contributed by atoms with Gasteiger partial charge in [-0.25, -0.2) is 11.7 Å². The molecule has 0 bridgehead atoms. The predicted molar refractivity (Wildman–Crippen MR) is 59.8 cm³/mol. The van der Waals surface area contributed by atoms with Crippen molar-refractivity contribution in [3.05, 3.63) is 34.9 Å². The minimum Gasteiger partial charge on any atom is -0.294 e. The van der Waals surface area contributed by atoms with E-state index in [1.807, 2.05) is 10.9 Å². The maximum atomic E-state index is 11.5. The van der Waals surface area contributed by atoms with Crippen LogP contribution in [0.4, 0.5) is 0 Å². The van der Waals surface area contributed by atoms with Gasteiger partial charge in [0.25, 0.3) is 11.8 Å². The molecule has 2 amide bonds. The van der Waals surface area contributed by atoms with Gasteiger partial charge in [0, 0.05) is 5.56 Å². The smallest absolute Gasteiger partial charge is 0.265 e. The van der Waals surface area contributed by atoms with Gasteiger partial charge in [-0.2, -0.15) is 0 Å². The van der Waals surface area contributed by atoms with Crippen molar-refractivity contribution in [2.24, 2.45) is 11.7 Å². The van der Waals surface area contributed by atoms with Gasteiger partial charge in [0.2, 0.25) is 0 Å². The largest absolute Gasteiger partial charge is 0.294 e. The number of benzene rings is 1. The van der Waals surface area contributed by atoms with E-state index in [-0.39, 0.29) is 16.7 Å². The van der Waals surface area contributed by atoms with E-state index >= 15 is 0 Å². The summed E-state index contributed by atoms with van der Waals surface area (Å²) in [4.78, 5) is 34.4. The summed E-state index contributed by atoms with van der Waals surface area (Å²) in [6.07, 6.45) is 0. The van der Waals surface area contributed by atoms with E-state index in [9.17, 15) is 14.4 Å². The van der Waals surface area contributed by atoms with Crippen LogP contribution in [-0.2, 0) is 0 Å². The number of rotatable bonds is 3. The molecule has 0 unspecified atom stereocenters. The minimum absolute atomic E-state index is 0.0154. The van der Waals surface area contributed by atoms with E-state index in [4.69, 9.17) is 11.7 Å². The standard InChI is InChI=1S/C10H12N4O3/c1-5(15)8-6(9(16)13-11)3-2-4-7(8)10(17)14-12/h2-4H,11-12H2,1H3,(H,13,16)(H,14,17). The van der Waals surface area contributed by atoms with Crippen molar-refractivity contribution in [2.75, 3.05) is 0 Å². The van der Waals surface area contributed by atoms with Crippen molar-refractivity contribution < 1.29 is 14.4 Å². The summed E-state index contributed by atoms with van der Waals surface area (Å²) in [6, 6.07) is 4.25. The Labute approximate surface area is 97.1 Å². The van der Waals surface area contributed by atoms with Gasteiger partial charge < -0.3 is 0 Å². The second-order valence-electron chi connectivity index (χ2n) is 3.23. The first-order valence-electron chi connectivity index (χ1n) is 4.68. The fourth-order valence-corrected chi connectivity index (χ4v) is 1.47. The molecule has 0 heterocycles. The van der Waals surface area contributed by atoms with Gasteiger partial charge in [-0.3, -0.25) is 25.2 Å². The van der Waals surface area contributed by atoms with Crippen LogP contribution in [0, 0.1) is 0 Å². The molecule has 1 rings (SSSR count). The Morgan fingerprint density at radius 2 is 1.41 bits per heavy atom. The monoisotopic (exact) mass is 236 g/mol. The highest BCUT2D eigenvalue weighted by Crippen LogP contribution is 2.15. The molecule has 0 aliphatic heterocycles. The number of nitrogens with two attached hydrogens (primary N) is 2. The lowest BCUT2D eigenvalue weighted by atomic mass is 9.97. The Morgan fingerprint density at radius 3 is 1.71 bits per heavy atom. The van der Waals surface area contributed by atoms with E-state index in [1.165, 1.54) is 25.1 Å². The third-order valence-electron chi connectivity index (χ3n) is 2.17. The van der Waals surface area contributed by atoms with Crippen molar-refractivity contribution >= 4 is 17.6 Å². The zero-order valence-corrected chi connectivity index (χ0v) is 9.11. The van der Waals surface area contributed by atoms with Gasteiger partial charge in [-0.1, -0.05) is 6.07 Å². The van der Waals surface area contributed by atoms with E-state index in [0.29, 0.717) is 0 Å².